The topological polar surface area (TPSA) is 0 Å². The van der Waals surface area contributed by atoms with E-state index in [0.717, 1.165) is 0 Å². The van der Waals surface area contributed by atoms with Gasteiger partial charge in [0.15, 0.2) is 46.5 Å². The summed E-state index contributed by atoms with van der Waals surface area (Å²) in [6.45, 7) is 0. The zero-order valence-corrected chi connectivity index (χ0v) is 16.0. The Balaban J connectivity index is 2.00. The Bertz CT molecular complexity index is 1210. The van der Waals surface area contributed by atoms with Crippen LogP contribution in [0.1, 0.15) is 22.3 Å². The summed E-state index contributed by atoms with van der Waals surface area (Å²) in [6.07, 6.45) is 1.54. The Morgan fingerprint density at radius 2 is 0.559 bits per heavy atom. The maximum absolute atomic E-state index is 14.3. The van der Waals surface area contributed by atoms with E-state index in [-0.39, 0.29) is 0 Å². The molecule has 0 aromatic heterocycles. The van der Waals surface area contributed by atoms with Crippen molar-refractivity contribution in [3.63, 3.8) is 0 Å². The lowest BCUT2D eigenvalue weighted by Crippen LogP contribution is -2.04. The monoisotopic (exact) mass is 498 g/mol. The van der Waals surface area contributed by atoms with Crippen LogP contribution in [0.15, 0.2) is 12.1 Å². The van der Waals surface area contributed by atoms with Gasteiger partial charge in [0.2, 0.25) is 11.6 Å². The van der Waals surface area contributed by atoms with Crippen molar-refractivity contribution in [2.24, 2.45) is 0 Å². The zero-order valence-electron chi connectivity index (χ0n) is 16.0. The number of hydrogen-bond acceptors (Lipinski definition) is 0. The summed E-state index contributed by atoms with van der Waals surface area (Å²) in [5, 5.41) is 0. The van der Waals surface area contributed by atoms with Crippen LogP contribution in [0.2, 0.25) is 0 Å². The zero-order chi connectivity index (χ0) is 25.5. The summed E-state index contributed by atoms with van der Waals surface area (Å²) in [5.41, 5.74) is -4.36. The first-order valence-electron chi connectivity index (χ1n) is 8.74. The molecule has 0 saturated carbocycles. The van der Waals surface area contributed by atoms with Crippen molar-refractivity contribution < 1.29 is 52.7 Å². The van der Waals surface area contributed by atoms with Crippen LogP contribution in [-0.2, 0) is 0 Å². The summed E-state index contributed by atoms with van der Waals surface area (Å²) in [7, 11) is 0. The fourth-order valence-corrected chi connectivity index (χ4v) is 2.72. The molecule has 3 aromatic carbocycles. The molecule has 0 amide bonds. The number of halogens is 12. The summed E-state index contributed by atoms with van der Waals surface area (Å²) < 4.78 is 162. The number of benzene rings is 3. The van der Waals surface area contributed by atoms with E-state index in [0.29, 0.717) is 36.4 Å². The molecule has 34 heavy (non-hydrogen) atoms. The molecule has 3 aromatic rings. The van der Waals surface area contributed by atoms with Crippen LogP contribution in [0.4, 0.5) is 52.7 Å². The molecule has 3 rings (SSSR count). The van der Waals surface area contributed by atoms with Gasteiger partial charge in [-0.05, 0) is 24.3 Å². The average Bonchev–Trinajstić information content (AvgIpc) is 2.81. The van der Waals surface area contributed by atoms with Crippen LogP contribution in [0.3, 0.4) is 0 Å². The smallest absolute Gasteiger partial charge is 0.200 e. The van der Waals surface area contributed by atoms with Crippen LogP contribution in [0, 0.1) is 69.8 Å². The third kappa shape index (κ3) is 4.27. The fourth-order valence-electron chi connectivity index (χ4n) is 2.72. The molecule has 0 fully saturated rings. The molecule has 0 spiro atoms. The molecule has 0 aliphatic heterocycles. The molecule has 178 valence electrons. The van der Waals surface area contributed by atoms with Gasteiger partial charge in [-0.25, -0.2) is 52.7 Å². The second-order valence-corrected chi connectivity index (χ2v) is 6.53. The van der Waals surface area contributed by atoms with Crippen molar-refractivity contribution in [3.05, 3.63) is 104 Å². The molecular weight excluding hydrogens is 492 g/mol. The van der Waals surface area contributed by atoms with Gasteiger partial charge in [-0.1, -0.05) is 12.2 Å². The van der Waals surface area contributed by atoms with Crippen LogP contribution in [0.25, 0.3) is 24.3 Å². The van der Waals surface area contributed by atoms with Crippen LogP contribution < -0.4 is 0 Å². The molecule has 0 saturated heterocycles. The molecular formula is C22H6F12. The van der Waals surface area contributed by atoms with Crippen molar-refractivity contribution in [1.82, 2.24) is 0 Å². The fraction of sp³-hybridized carbons (Fsp3) is 0. The minimum atomic E-state index is -2.42. The van der Waals surface area contributed by atoms with Gasteiger partial charge in [0, 0.05) is 11.1 Å². The van der Waals surface area contributed by atoms with E-state index in [9.17, 15) is 52.7 Å². The van der Waals surface area contributed by atoms with Crippen molar-refractivity contribution in [3.8, 4) is 0 Å². The first kappa shape index (κ1) is 24.9. The Kier molecular flexibility index (Phi) is 6.80. The minimum absolute atomic E-state index is 0.290. The van der Waals surface area contributed by atoms with Crippen molar-refractivity contribution in [2.75, 3.05) is 0 Å². The highest BCUT2D eigenvalue weighted by Crippen LogP contribution is 2.27. The maximum Gasteiger partial charge on any atom is 0.200 e. The first-order valence-corrected chi connectivity index (χ1v) is 8.74. The molecule has 0 aliphatic carbocycles. The lowest BCUT2D eigenvalue weighted by molar-refractivity contribution is 0.377. The Morgan fingerprint density at radius 3 is 0.824 bits per heavy atom. The van der Waals surface area contributed by atoms with E-state index in [1.807, 2.05) is 0 Å². The van der Waals surface area contributed by atoms with Gasteiger partial charge in [0.25, 0.3) is 0 Å². The predicted octanol–water partition coefficient (Wildman–Crippen LogP) is 7.70. The predicted molar refractivity (Wildman–Crippen MR) is 96.7 cm³/mol. The SMILES string of the molecule is Fc1cc(C=Cc2c(F)c(F)c(F)c(F)c2F)c(F)cc1C=Cc1c(F)c(F)c(F)c(F)c1F. The molecule has 0 unspecified atom stereocenters. The van der Waals surface area contributed by atoms with Crippen LogP contribution in [0.5, 0.6) is 0 Å². The van der Waals surface area contributed by atoms with Gasteiger partial charge < -0.3 is 0 Å². The van der Waals surface area contributed by atoms with Crippen molar-refractivity contribution in [2.45, 2.75) is 0 Å². The second kappa shape index (κ2) is 9.27. The molecule has 0 radical (unpaired) electrons. The highest BCUT2D eigenvalue weighted by molar-refractivity contribution is 5.74. The number of hydrogen-bond donors (Lipinski definition) is 0. The molecule has 0 aliphatic rings. The van der Waals surface area contributed by atoms with E-state index < -0.39 is 92.1 Å². The molecule has 0 bridgehead atoms. The second-order valence-electron chi connectivity index (χ2n) is 6.53. The Hall–Kier alpha value is -3.70. The molecule has 0 N–H and O–H groups in total. The van der Waals surface area contributed by atoms with Crippen molar-refractivity contribution >= 4 is 24.3 Å². The van der Waals surface area contributed by atoms with E-state index in [2.05, 4.69) is 0 Å². The quantitative estimate of drug-likeness (QED) is 0.150. The first-order chi connectivity index (χ1) is 15.9. The normalized spacial score (nSPS) is 11.9. The van der Waals surface area contributed by atoms with Crippen molar-refractivity contribution in [1.29, 1.82) is 0 Å². The lowest BCUT2D eigenvalue weighted by Gasteiger charge is -2.06. The van der Waals surface area contributed by atoms with Crippen LogP contribution >= 0.6 is 0 Å². The van der Waals surface area contributed by atoms with Gasteiger partial charge in [0.1, 0.15) is 11.6 Å². The van der Waals surface area contributed by atoms with E-state index in [1.165, 1.54) is 0 Å². The van der Waals surface area contributed by atoms with Gasteiger partial charge in [-0.15, -0.1) is 0 Å². The number of rotatable bonds is 4. The average molecular weight is 498 g/mol. The van der Waals surface area contributed by atoms with Gasteiger partial charge in [-0.3, -0.25) is 0 Å². The van der Waals surface area contributed by atoms with E-state index in [1.54, 1.807) is 0 Å². The Morgan fingerprint density at radius 1 is 0.324 bits per heavy atom. The lowest BCUT2D eigenvalue weighted by atomic mass is 10.1. The van der Waals surface area contributed by atoms with Gasteiger partial charge >= 0.3 is 0 Å². The summed E-state index contributed by atoms with van der Waals surface area (Å²) in [4.78, 5) is 0. The standard InChI is InChI=1S/C22H6F12/c23-11-6-8(2-4-10-15(27)19(31)22(34)20(32)16(10)28)12(24)5-7(11)1-3-9-13(25)17(29)21(33)18(30)14(9)26/h1-6H. The van der Waals surface area contributed by atoms with Crippen LogP contribution in [-0.4, -0.2) is 0 Å². The third-order valence-electron chi connectivity index (χ3n) is 4.46. The summed E-state index contributed by atoms with van der Waals surface area (Å²) in [6, 6.07) is 0.770. The Labute approximate surface area is 182 Å². The highest BCUT2D eigenvalue weighted by atomic mass is 19.2. The highest BCUT2D eigenvalue weighted by Gasteiger charge is 2.25. The molecule has 12 heteroatoms. The molecule has 0 heterocycles. The van der Waals surface area contributed by atoms with Gasteiger partial charge in [0.05, 0.1) is 11.1 Å². The maximum atomic E-state index is 14.3. The minimum Gasteiger partial charge on any atom is -0.206 e. The molecule has 0 atom stereocenters. The van der Waals surface area contributed by atoms with Gasteiger partial charge in [-0.2, -0.15) is 0 Å². The summed E-state index contributed by atoms with van der Waals surface area (Å²) in [5.74, 6) is -25.5. The third-order valence-corrected chi connectivity index (χ3v) is 4.46. The largest absolute Gasteiger partial charge is 0.206 e. The van der Waals surface area contributed by atoms with E-state index in [4.69, 9.17) is 0 Å². The summed E-state index contributed by atoms with van der Waals surface area (Å²) >= 11 is 0. The molecule has 0 nitrogen and oxygen atoms in total. The van der Waals surface area contributed by atoms with E-state index >= 15 is 0 Å².